The maximum absolute atomic E-state index is 13.4. The van der Waals surface area contributed by atoms with Gasteiger partial charge in [-0.25, -0.2) is 19.2 Å². The molecule has 312 valence electrons. The Morgan fingerprint density at radius 1 is 0.525 bits per heavy atom. The van der Waals surface area contributed by atoms with Crippen molar-refractivity contribution in [2.75, 3.05) is 26.4 Å². The van der Waals surface area contributed by atoms with Crippen molar-refractivity contribution >= 4 is 40.6 Å². The Bertz CT molecular complexity index is 2080. The predicted molar refractivity (Wildman–Crippen MR) is 222 cm³/mol. The lowest BCUT2D eigenvalue weighted by atomic mass is 10.1. The minimum atomic E-state index is -0.588. The summed E-state index contributed by atoms with van der Waals surface area (Å²) in [6, 6.07) is 20.0. The van der Waals surface area contributed by atoms with Crippen LogP contribution in [-0.2, 0) is 30.3 Å². The zero-order valence-electron chi connectivity index (χ0n) is 33.8. The minimum Gasteiger partial charge on any atom is -0.490 e. The lowest BCUT2D eigenvalue weighted by Crippen LogP contribution is -2.11. The molecule has 0 amide bonds. The maximum Gasteiger partial charge on any atom is 0.343 e. The average Bonchev–Trinajstić information content (AvgIpc) is 3.23. The first-order valence-electron chi connectivity index (χ1n) is 19.9. The molecule has 0 saturated carbocycles. The number of esters is 5. The van der Waals surface area contributed by atoms with E-state index in [0.29, 0.717) is 67.2 Å². The summed E-state index contributed by atoms with van der Waals surface area (Å²) in [7, 11) is 0. The van der Waals surface area contributed by atoms with Crippen LogP contribution >= 0.6 is 0 Å². The fraction of sp³-hybridized carbons (Fsp3) is 0.340. The first kappa shape index (κ1) is 45.3. The van der Waals surface area contributed by atoms with E-state index in [1.54, 1.807) is 72.8 Å². The van der Waals surface area contributed by atoms with E-state index < -0.39 is 29.8 Å². The molecule has 0 fully saturated rings. The van der Waals surface area contributed by atoms with Gasteiger partial charge in [-0.2, -0.15) is 0 Å². The van der Waals surface area contributed by atoms with E-state index in [1.165, 1.54) is 6.92 Å². The molecule has 0 unspecified atom stereocenters. The molecule has 0 saturated heterocycles. The van der Waals surface area contributed by atoms with Crippen LogP contribution in [0.5, 0.6) is 28.7 Å². The molecular formula is C47H52O12. The van der Waals surface area contributed by atoms with Gasteiger partial charge in [0, 0.05) is 19.1 Å². The largest absolute Gasteiger partial charge is 0.490 e. The zero-order valence-corrected chi connectivity index (χ0v) is 33.8. The van der Waals surface area contributed by atoms with Crippen LogP contribution in [0.3, 0.4) is 0 Å². The van der Waals surface area contributed by atoms with Crippen LogP contribution in [0.1, 0.15) is 97.9 Å². The van der Waals surface area contributed by atoms with Crippen LogP contribution in [0.25, 0.3) is 10.8 Å². The number of unbranched alkanes of at least 4 members (excludes halogenated alkanes) is 6. The van der Waals surface area contributed by atoms with Crippen molar-refractivity contribution in [1.82, 2.24) is 0 Å². The SMILES string of the molecule is C=CC(=O)OCCCCCCOc1ccc(C(=O)Oc2ccc3cc(C(=O)Oc4ccc(OC(C)=O)cc4CCC)ccc3c2)cc1OCCCCCCOC(=O)C=C. The van der Waals surface area contributed by atoms with Gasteiger partial charge in [0.1, 0.15) is 17.2 Å². The Balaban J connectivity index is 1.37. The summed E-state index contributed by atoms with van der Waals surface area (Å²) in [4.78, 5) is 60.4. The number of hydrogen-bond donors (Lipinski definition) is 0. The third-order valence-corrected chi connectivity index (χ3v) is 8.87. The summed E-state index contributed by atoms with van der Waals surface area (Å²) in [5, 5.41) is 1.48. The second-order valence-corrected chi connectivity index (χ2v) is 13.5. The molecule has 0 aliphatic heterocycles. The number of fused-ring (bicyclic) bond motifs is 1. The van der Waals surface area contributed by atoms with Crippen molar-refractivity contribution in [2.24, 2.45) is 0 Å². The molecule has 4 rings (SSSR count). The normalized spacial score (nSPS) is 10.6. The Labute approximate surface area is 345 Å². The molecule has 12 nitrogen and oxygen atoms in total. The molecule has 0 spiro atoms. The second kappa shape index (κ2) is 24.4. The van der Waals surface area contributed by atoms with E-state index in [4.69, 9.17) is 33.2 Å². The molecule has 0 bridgehead atoms. The fourth-order valence-electron chi connectivity index (χ4n) is 5.90. The number of hydrogen-bond acceptors (Lipinski definition) is 12. The molecule has 0 atom stereocenters. The Morgan fingerprint density at radius 3 is 1.66 bits per heavy atom. The van der Waals surface area contributed by atoms with Gasteiger partial charge in [-0.05, 0) is 135 Å². The van der Waals surface area contributed by atoms with Crippen molar-refractivity contribution in [2.45, 2.75) is 78.1 Å². The van der Waals surface area contributed by atoms with Crippen LogP contribution in [0.2, 0.25) is 0 Å². The van der Waals surface area contributed by atoms with Crippen molar-refractivity contribution in [3.05, 3.63) is 115 Å². The number of carbonyl (C=O) groups excluding carboxylic acids is 5. The molecular weight excluding hydrogens is 757 g/mol. The zero-order chi connectivity index (χ0) is 42.4. The van der Waals surface area contributed by atoms with Gasteiger partial charge in [0.15, 0.2) is 11.5 Å². The summed E-state index contributed by atoms with van der Waals surface area (Å²) < 4.78 is 38.9. The molecule has 0 N–H and O–H groups in total. The highest BCUT2D eigenvalue weighted by Gasteiger charge is 2.17. The molecule has 0 aliphatic carbocycles. The Morgan fingerprint density at radius 2 is 1.03 bits per heavy atom. The van der Waals surface area contributed by atoms with E-state index >= 15 is 0 Å². The molecule has 59 heavy (non-hydrogen) atoms. The van der Waals surface area contributed by atoms with Crippen molar-refractivity contribution in [3.8, 4) is 28.7 Å². The molecule has 4 aromatic rings. The van der Waals surface area contributed by atoms with E-state index in [-0.39, 0.29) is 5.56 Å². The number of ether oxygens (including phenoxy) is 7. The number of aryl methyl sites for hydroxylation is 1. The maximum atomic E-state index is 13.4. The third kappa shape index (κ3) is 15.4. The van der Waals surface area contributed by atoms with E-state index in [1.807, 2.05) is 6.92 Å². The number of benzene rings is 4. The van der Waals surface area contributed by atoms with Gasteiger partial charge in [0.25, 0.3) is 0 Å². The molecule has 0 heterocycles. The fourth-order valence-corrected chi connectivity index (χ4v) is 5.90. The monoisotopic (exact) mass is 808 g/mol. The smallest absolute Gasteiger partial charge is 0.343 e. The van der Waals surface area contributed by atoms with Gasteiger partial charge in [0.2, 0.25) is 0 Å². The van der Waals surface area contributed by atoms with Crippen LogP contribution in [-0.4, -0.2) is 56.3 Å². The summed E-state index contributed by atoms with van der Waals surface area (Å²) in [5.74, 6) is -0.432. The van der Waals surface area contributed by atoms with Crippen LogP contribution in [0.4, 0.5) is 0 Å². The quantitative estimate of drug-likeness (QED) is 0.0272. The van der Waals surface area contributed by atoms with Gasteiger partial charge < -0.3 is 33.2 Å². The first-order valence-corrected chi connectivity index (χ1v) is 19.9. The summed E-state index contributed by atoms with van der Waals surface area (Å²) in [5.41, 5.74) is 1.36. The van der Waals surface area contributed by atoms with Crippen molar-refractivity contribution in [1.29, 1.82) is 0 Å². The molecule has 0 radical (unpaired) electrons. The Hall–Kier alpha value is -6.43. The van der Waals surface area contributed by atoms with Crippen LogP contribution in [0.15, 0.2) is 98.1 Å². The average molecular weight is 809 g/mol. The third-order valence-electron chi connectivity index (χ3n) is 8.87. The molecule has 0 aromatic heterocycles. The highest BCUT2D eigenvalue weighted by Crippen LogP contribution is 2.31. The predicted octanol–water partition coefficient (Wildman–Crippen LogP) is 9.49. The Kier molecular flexibility index (Phi) is 18.7. The lowest BCUT2D eigenvalue weighted by molar-refractivity contribution is -0.138. The number of rotatable bonds is 25. The van der Waals surface area contributed by atoms with E-state index in [0.717, 1.165) is 86.3 Å². The van der Waals surface area contributed by atoms with Gasteiger partial charge in [-0.15, -0.1) is 0 Å². The summed E-state index contributed by atoms with van der Waals surface area (Å²) in [6.07, 6.45) is 10.1. The first-order chi connectivity index (χ1) is 28.6. The van der Waals surface area contributed by atoms with E-state index in [9.17, 15) is 24.0 Å². The second-order valence-electron chi connectivity index (χ2n) is 13.5. The van der Waals surface area contributed by atoms with Gasteiger partial charge in [0.05, 0.1) is 37.6 Å². The van der Waals surface area contributed by atoms with Gasteiger partial charge in [-0.3, -0.25) is 4.79 Å². The topological polar surface area (TPSA) is 150 Å². The standard InChI is InChI=1S/C47H52O12/c1-5-16-36-31-39(57-33(4)48)22-24-41(36)59-47(52)37-18-17-35-30-40(21-19-34(35)29-37)58-46(51)38-20-23-42(53-25-12-8-10-14-27-55-44(49)6-2)43(32-38)54-26-13-9-11-15-28-56-45(50)7-3/h6-7,17-24,29-32H,2-3,5,8-16,25-28H2,1,4H3. The minimum absolute atomic E-state index is 0.270. The van der Waals surface area contributed by atoms with Crippen molar-refractivity contribution in [3.63, 3.8) is 0 Å². The van der Waals surface area contributed by atoms with E-state index in [2.05, 4.69) is 13.2 Å². The van der Waals surface area contributed by atoms with Crippen molar-refractivity contribution < 1.29 is 57.1 Å². The number of carbonyl (C=O) groups is 5. The highest BCUT2D eigenvalue weighted by atomic mass is 16.6. The van der Waals surface area contributed by atoms with Crippen LogP contribution in [0, 0.1) is 0 Å². The van der Waals surface area contributed by atoms with Crippen LogP contribution < -0.4 is 23.7 Å². The van der Waals surface area contributed by atoms with Gasteiger partial charge >= 0.3 is 29.8 Å². The van der Waals surface area contributed by atoms with Gasteiger partial charge in [-0.1, -0.05) is 38.6 Å². The lowest BCUT2D eigenvalue weighted by Gasteiger charge is -2.14. The molecule has 4 aromatic carbocycles. The summed E-state index contributed by atoms with van der Waals surface area (Å²) in [6.45, 7) is 11.6. The molecule has 12 heteroatoms. The molecule has 0 aliphatic rings. The highest BCUT2D eigenvalue weighted by molar-refractivity contribution is 5.97. The summed E-state index contributed by atoms with van der Waals surface area (Å²) >= 11 is 0.